The van der Waals surface area contributed by atoms with E-state index in [0.717, 1.165) is 27.3 Å². The predicted octanol–water partition coefficient (Wildman–Crippen LogP) is 4.37. The van der Waals surface area contributed by atoms with Crippen LogP contribution in [-0.4, -0.2) is 50.0 Å². The SMILES string of the molecule is Cc1cc(C)cc(N(CC(=O)N(Cc2ccccc2F)[C@H](Cc2ccccc2)C(=O)NC(C)C)S(C)(=O)=O)c1. The lowest BCUT2D eigenvalue weighted by molar-refractivity contribution is -0.140. The van der Waals surface area contributed by atoms with Crippen molar-refractivity contribution in [3.05, 3.63) is 101 Å². The molecule has 2 amide bonds. The second-order valence-electron chi connectivity index (χ2n) is 10.1. The van der Waals surface area contributed by atoms with Gasteiger partial charge >= 0.3 is 0 Å². The van der Waals surface area contributed by atoms with Crippen LogP contribution in [0.5, 0.6) is 0 Å². The third-order valence-corrected chi connectivity index (χ3v) is 7.31. The molecule has 0 aliphatic carbocycles. The third-order valence-electron chi connectivity index (χ3n) is 6.17. The Balaban J connectivity index is 2.08. The fourth-order valence-corrected chi connectivity index (χ4v) is 5.29. The summed E-state index contributed by atoms with van der Waals surface area (Å²) in [7, 11) is -3.87. The van der Waals surface area contributed by atoms with Crippen LogP contribution in [0.25, 0.3) is 0 Å². The predicted molar refractivity (Wildman–Crippen MR) is 152 cm³/mol. The van der Waals surface area contributed by atoms with Crippen molar-refractivity contribution in [2.24, 2.45) is 0 Å². The Morgan fingerprint density at radius 2 is 1.51 bits per heavy atom. The van der Waals surface area contributed by atoms with E-state index in [9.17, 15) is 22.4 Å². The van der Waals surface area contributed by atoms with Gasteiger partial charge in [-0.2, -0.15) is 0 Å². The Bertz CT molecular complexity index is 1390. The zero-order valence-corrected chi connectivity index (χ0v) is 23.8. The van der Waals surface area contributed by atoms with E-state index >= 15 is 0 Å². The minimum absolute atomic E-state index is 0.169. The van der Waals surface area contributed by atoms with Gasteiger partial charge < -0.3 is 10.2 Å². The molecule has 0 saturated heterocycles. The number of carbonyl (C=O) groups is 2. The summed E-state index contributed by atoms with van der Waals surface area (Å²) in [6, 6.07) is 19.3. The number of anilines is 1. The van der Waals surface area contributed by atoms with Crippen LogP contribution < -0.4 is 9.62 Å². The summed E-state index contributed by atoms with van der Waals surface area (Å²) in [5, 5.41) is 2.87. The monoisotopic (exact) mass is 553 g/mol. The highest BCUT2D eigenvalue weighted by atomic mass is 32.2. The molecule has 0 aliphatic rings. The summed E-state index contributed by atoms with van der Waals surface area (Å²) < 4.78 is 41.6. The van der Waals surface area contributed by atoms with Gasteiger partial charge in [0.1, 0.15) is 18.4 Å². The normalized spacial score (nSPS) is 12.2. The van der Waals surface area contributed by atoms with Crippen molar-refractivity contribution in [1.29, 1.82) is 0 Å². The number of halogens is 1. The molecule has 1 atom stereocenters. The number of carbonyl (C=O) groups excluding carboxylic acids is 2. The van der Waals surface area contributed by atoms with E-state index in [0.29, 0.717) is 5.69 Å². The maximum absolute atomic E-state index is 14.8. The van der Waals surface area contributed by atoms with Gasteiger partial charge in [-0.1, -0.05) is 54.6 Å². The van der Waals surface area contributed by atoms with Gasteiger partial charge in [-0.15, -0.1) is 0 Å². The smallest absolute Gasteiger partial charge is 0.244 e. The molecular formula is C30H36FN3O4S. The third kappa shape index (κ3) is 8.38. The molecule has 208 valence electrons. The van der Waals surface area contributed by atoms with Crippen molar-refractivity contribution in [3.8, 4) is 0 Å². The highest BCUT2D eigenvalue weighted by Gasteiger charge is 2.33. The van der Waals surface area contributed by atoms with Crippen LogP contribution in [0.15, 0.2) is 72.8 Å². The maximum atomic E-state index is 14.8. The summed E-state index contributed by atoms with van der Waals surface area (Å²) in [6.45, 7) is 6.55. The van der Waals surface area contributed by atoms with Crippen molar-refractivity contribution >= 4 is 27.5 Å². The Hall–Kier alpha value is -3.72. The average molecular weight is 554 g/mol. The number of hydrogen-bond donors (Lipinski definition) is 1. The number of amides is 2. The topological polar surface area (TPSA) is 86.8 Å². The molecule has 0 spiro atoms. The molecule has 0 radical (unpaired) electrons. The molecule has 0 aromatic heterocycles. The molecule has 0 fully saturated rings. The van der Waals surface area contributed by atoms with Gasteiger partial charge in [0.05, 0.1) is 11.9 Å². The Labute approximate surface area is 230 Å². The van der Waals surface area contributed by atoms with Crippen LogP contribution in [0.4, 0.5) is 10.1 Å². The van der Waals surface area contributed by atoms with E-state index in [1.54, 1.807) is 30.3 Å². The van der Waals surface area contributed by atoms with Crippen LogP contribution in [0.1, 0.15) is 36.1 Å². The molecule has 0 heterocycles. The second-order valence-corrected chi connectivity index (χ2v) is 12.0. The molecule has 3 rings (SSSR count). The molecular weight excluding hydrogens is 517 g/mol. The zero-order chi connectivity index (χ0) is 28.7. The fraction of sp³-hybridized carbons (Fsp3) is 0.333. The molecule has 0 aliphatic heterocycles. The number of benzene rings is 3. The van der Waals surface area contributed by atoms with Crippen LogP contribution in [0.3, 0.4) is 0 Å². The zero-order valence-electron chi connectivity index (χ0n) is 23.0. The number of sulfonamides is 1. The van der Waals surface area contributed by atoms with Gasteiger partial charge in [-0.05, 0) is 62.6 Å². The first-order valence-corrected chi connectivity index (χ1v) is 14.6. The molecule has 39 heavy (non-hydrogen) atoms. The molecule has 0 unspecified atom stereocenters. The minimum atomic E-state index is -3.87. The number of rotatable bonds is 11. The van der Waals surface area contributed by atoms with Crippen LogP contribution >= 0.6 is 0 Å². The van der Waals surface area contributed by atoms with E-state index in [1.165, 1.54) is 11.0 Å². The first-order chi connectivity index (χ1) is 18.3. The number of hydrogen-bond acceptors (Lipinski definition) is 4. The van der Waals surface area contributed by atoms with Crippen molar-refractivity contribution in [3.63, 3.8) is 0 Å². The Kier molecular flexibility index (Phi) is 9.86. The molecule has 3 aromatic rings. The highest BCUT2D eigenvalue weighted by molar-refractivity contribution is 7.92. The molecule has 9 heteroatoms. The summed E-state index contributed by atoms with van der Waals surface area (Å²) >= 11 is 0. The fourth-order valence-electron chi connectivity index (χ4n) is 4.45. The van der Waals surface area contributed by atoms with Gasteiger partial charge in [0.2, 0.25) is 21.8 Å². The molecule has 0 saturated carbocycles. The van der Waals surface area contributed by atoms with Gasteiger partial charge in [0.25, 0.3) is 0 Å². The van der Waals surface area contributed by atoms with E-state index in [-0.39, 0.29) is 24.6 Å². The van der Waals surface area contributed by atoms with Gasteiger partial charge in [0.15, 0.2) is 0 Å². The summed E-state index contributed by atoms with van der Waals surface area (Å²) in [4.78, 5) is 28.8. The average Bonchev–Trinajstić information content (AvgIpc) is 2.84. The molecule has 0 bridgehead atoms. The summed E-state index contributed by atoms with van der Waals surface area (Å²) in [6.07, 6.45) is 1.20. The lowest BCUT2D eigenvalue weighted by atomic mass is 10.0. The minimum Gasteiger partial charge on any atom is -0.352 e. The van der Waals surface area contributed by atoms with E-state index in [2.05, 4.69) is 5.32 Å². The molecule has 1 N–H and O–H groups in total. The Morgan fingerprint density at radius 3 is 2.08 bits per heavy atom. The second kappa shape index (κ2) is 12.9. The molecule has 7 nitrogen and oxygen atoms in total. The highest BCUT2D eigenvalue weighted by Crippen LogP contribution is 2.23. The van der Waals surface area contributed by atoms with Crippen LogP contribution in [0.2, 0.25) is 0 Å². The standard InChI is InChI=1S/C30H36FN3O4S/c1-21(2)32-30(36)28(18-24-11-7-6-8-12-24)33(19-25-13-9-10-14-27(25)31)29(35)20-34(39(5,37)38)26-16-22(3)15-23(4)17-26/h6-17,21,28H,18-20H2,1-5H3,(H,32,36)/t28-/m1/s1. The molecule has 3 aromatic carbocycles. The van der Waals surface area contributed by atoms with Crippen molar-refractivity contribution in [1.82, 2.24) is 10.2 Å². The van der Waals surface area contributed by atoms with Gasteiger partial charge in [-0.3, -0.25) is 13.9 Å². The number of nitrogens with one attached hydrogen (secondary N) is 1. The van der Waals surface area contributed by atoms with Crippen LogP contribution in [-0.2, 0) is 32.6 Å². The first kappa shape index (κ1) is 29.8. The lowest BCUT2D eigenvalue weighted by Gasteiger charge is -2.34. The summed E-state index contributed by atoms with van der Waals surface area (Å²) in [5.74, 6) is -1.55. The van der Waals surface area contributed by atoms with Gasteiger partial charge in [-0.25, -0.2) is 12.8 Å². The van der Waals surface area contributed by atoms with Gasteiger partial charge in [0, 0.05) is 24.6 Å². The van der Waals surface area contributed by atoms with Crippen molar-refractivity contribution in [2.75, 3.05) is 17.1 Å². The van der Waals surface area contributed by atoms with Crippen molar-refractivity contribution < 1.29 is 22.4 Å². The van der Waals surface area contributed by atoms with Crippen LogP contribution in [0, 0.1) is 19.7 Å². The largest absolute Gasteiger partial charge is 0.352 e. The van der Waals surface area contributed by atoms with E-state index in [4.69, 9.17) is 0 Å². The first-order valence-electron chi connectivity index (χ1n) is 12.8. The quantitative estimate of drug-likeness (QED) is 0.382. The van der Waals surface area contributed by atoms with Crippen molar-refractivity contribution in [2.45, 2.75) is 52.7 Å². The maximum Gasteiger partial charge on any atom is 0.244 e. The summed E-state index contributed by atoms with van der Waals surface area (Å²) in [5.41, 5.74) is 3.06. The van der Waals surface area contributed by atoms with E-state index < -0.39 is 40.2 Å². The number of nitrogens with zero attached hydrogens (tertiary/aromatic N) is 2. The van der Waals surface area contributed by atoms with E-state index in [1.807, 2.05) is 64.1 Å². The Morgan fingerprint density at radius 1 is 0.923 bits per heavy atom. The number of aryl methyl sites for hydroxylation is 2. The lowest BCUT2D eigenvalue weighted by Crippen LogP contribution is -2.54.